The summed E-state index contributed by atoms with van der Waals surface area (Å²) in [5, 5.41) is 15.2. The molecule has 0 spiro atoms. The molecule has 0 radical (unpaired) electrons. The van der Waals surface area contributed by atoms with Gasteiger partial charge >= 0.3 is 6.01 Å². The highest BCUT2D eigenvalue weighted by molar-refractivity contribution is 5.97. The molecule has 2 atom stereocenters. The number of amides is 1. The molecule has 7 rings (SSSR count). The number of anilines is 2. The lowest BCUT2D eigenvalue weighted by Crippen LogP contribution is -2.57. The van der Waals surface area contributed by atoms with E-state index >= 15 is 0 Å². The molecule has 224 valence electrons. The van der Waals surface area contributed by atoms with E-state index in [-0.39, 0.29) is 24.4 Å². The summed E-state index contributed by atoms with van der Waals surface area (Å²) in [5.74, 6) is 0.949. The van der Waals surface area contributed by atoms with Crippen molar-refractivity contribution in [3.8, 4) is 12.1 Å². The number of nitrogens with one attached hydrogen (secondary N) is 1. The van der Waals surface area contributed by atoms with Gasteiger partial charge in [0.2, 0.25) is 5.91 Å². The van der Waals surface area contributed by atoms with Crippen LogP contribution in [0.4, 0.5) is 11.5 Å². The highest BCUT2D eigenvalue weighted by atomic mass is 16.5. The first-order chi connectivity index (χ1) is 21.6. The van der Waals surface area contributed by atoms with Crippen LogP contribution in [0.15, 0.2) is 60.8 Å². The molecule has 0 unspecified atom stereocenters. The van der Waals surface area contributed by atoms with Crippen LogP contribution in [0.25, 0.3) is 10.8 Å². The molecule has 3 aliphatic heterocycles. The van der Waals surface area contributed by atoms with Crippen LogP contribution in [0.3, 0.4) is 0 Å². The molecule has 3 aliphatic rings. The summed E-state index contributed by atoms with van der Waals surface area (Å²) in [7, 11) is 0. The highest BCUT2D eigenvalue weighted by Gasteiger charge is 2.39. The van der Waals surface area contributed by atoms with Crippen LogP contribution in [-0.4, -0.2) is 77.2 Å². The Labute approximate surface area is 257 Å². The number of ether oxygens (including phenoxy) is 1. The van der Waals surface area contributed by atoms with Crippen molar-refractivity contribution in [2.45, 2.75) is 44.8 Å². The number of benzene rings is 2. The predicted molar refractivity (Wildman–Crippen MR) is 169 cm³/mol. The van der Waals surface area contributed by atoms with Gasteiger partial charge < -0.3 is 24.8 Å². The Morgan fingerprint density at radius 1 is 1.07 bits per heavy atom. The fourth-order valence-corrected chi connectivity index (χ4v) is 6.53. The Balaban J connectivity index is 1.20. The van der Waals surface area contributed by atoms with E-state index in [0.29, 0.717) is 51.8 Å². The number of carbonyl (C=O) groups excluding carboxylic acids is 1. The number of hydrogen-bond donors (Lipinski definition) is 1. The summed E-state index contributed by atoms with van der Waals surface area (Å²) in [6, 6.07) is 21.1. The van der Waals surface area contributed by atoms with Crippen LogP contribution in [0, 0.1) is 18.3 Å². The molecule has 1 N–H and O–H groups in total. The molecule has 10 nitrogen and oxygen atoms in total. The van der Waals surface area contributed by atoms with E-state index < -0.39 is 0 Å². The Bertz CT molecular complexity index is 1710. The van der Waals surface area contributed by atoms with Crippen molar-refractivity contribution in [3.63, 3.8) is 0 Å². The lowest BCUT2D eigenvalue weighted by molar-refractivity contribution is -0.133. The normalized spacial score (nSPS) is 19.4. The standard InChI is InChI=1S/C34H36N8O2/c1-23-6-4-7-24-8-5-10-30(31(23)24)40-16-12-27-29(22-40)38-34(44-19-13-25-9-2-3-15-36-25)39-32(27)41-17-18-42(26(21-41)11-14-35)33(43)28-20-37-28/h2-10,15,26,28,37H,11-13,16-22H2,1H3/t26-,28+/m0/s1. The van der Waals surface area contributed by atoms with Crippen molar-refractivity contribution in [1.82, 2.24) is 25.2 Å². The van der Waals surface area contributed by atoms with Crippen LogP contribution in [0.2, 0.25) is 0 Å². The van der Waals surface area contributed by atoms with Gasteiger partial charge in [-0.25, -0.2) is 0 Å². The second-order valence-corrected chi connectivity index (χ2v) is 11.8. The Morgan fingerprint density at radius 3 is 2.73 bits per heavy atom. The number of hydrogen-bond acceptors (Lipinski definition) is 9. The number of fused-ring (bicyclic) bond motifs is 2. The van der Waals surface area contributed by atoms with Gasteiger partial charge in [-0.05, 0) is 42.5 Å². The molecule has 2 fully saturated rings. The van der Waals surface area contributed by atoms with E-state index in [1.54, 1.807) is 6.20 Å². The molecular weight excluding hydrogens is 552 g/mol. The van der Waals surface area contributed by atoms with Gasteiger partial charge in [0, 0.05) is 67.7 Å². The molecule has 44 heavy (non-hydrogen) atoms. The fraction of sp³-hybridized carbons (Fsp3) is 0.382. The average molecular weight is 589 g/mol. The summed E-state index contributed by atoms with van der Waals surface area (Å²) in [6.45, 7) is 6.52. The first-order valence-corrected chi connectivity index (χ1v) is 15.4. The summed E-state index contributed by atoms with van der Waals surface area (Å²) in [4.78, 5) is 33.8. The van der Waals surface area contributed by atoms with Crippen molar-refractivity contribution in [2.24, 2.45) is 0 Å². The van der Waals surface area contributed by atoms with E-state index in [1.165, 1.54) is 22.0 Å². The third kappa shape index (κ3) is 5.63. The first kappa shape index (κ1) is 28.0. The van der Waals surface area contributed by atoms with E-state index in [2.05, 4.69) is 69.5 Å². The fourth-order valence-electron chi connectivity index (χ4n) is 6.53. The predicted octanol–water partition coefficient (Wildman–Crippen LogP) is 3.42. The minimum absolute atomic E-state index is 0.0918. The number of piperazine rings is 1. The van der Waals surface area contributed by atoms with E-state index in [9.17, 15) is 10.1 Å². The molecule has 0 saturated carbocycles. The maximum Gasteiger partial charge on any atom is 0.318 e. The second-order valence-electron chi connectivity index (χ2n) is 11.8. The molecule has 2 saturated heterocycles. The van der Waals surface area contributed by atoms with E-state index in [1.807, 2.05) is 23.1 Å². The summed E-state index contributed by atoms with van der Waals surface area (Å²) in [6.07, 6.45) is 3.51. The largest absolute Gasteiger partial charge is 0.463 e. The van der Waals surface area contributed by atoms with Crippen molar-refractivity contribution >= 4 is 28.2 Å². The molecule has 0 bridgehead atoms. The van der Waals surface area contributed by atoms with Crippen LogP contribution in [0.5, 0.6) is 6.01 Å². The summed E-state index contributed by atoms with van der Waals surface area (Å²) >= 11 is 0. The molecule has 2 aromatic heterocycles. The highest BCUT2D eigenvalue weighted by Crippen LogP contribution is 2.36. The average Bonchev–Trinajstić information content (AvgIpc) is 3.90. The number of nitriles is 1. The second kappa shape index (κ2) is 12.1. The summed E-state index contributed by atoms with van der Waals surface area (Å²) in [5.41, 5.74) is 5.49. The van der Waals surface area contributed by atoms with Gasteiger partial charge in [-0.1, -0.05) is 36.4 Å². The van der Waals surface area contributed by atoms with Gasteiger partial charge in [0.1, 0.15) is 5.82 Å². The van der Waals surface area contributed by atoms with Gasteiger partial charge in [0.25, 0.3) is 0 Å². The quantitative estimate of drug-likeness (QED) is 0.309. The maximum absolute atomic E-state index is 13.0. The smallest absolute Gasteiger partial charge is 0.318 e. The SMILES string of the molecule is Cc1cccc2cccc(N3CCc4c(nc(OCCc5ccccn5)nc4N4CCN(C(=O)[C@H]5CN5)[C@@H](CC#N)C4)C3)c12. The zero-order chi connectivity index (χ0) is 30.0. The molecule has 10 heteroatoms. The lowest BCUT2D eigenvalue weighted by atomic mass is 9.99. The molecule has 1 amide bonds. The van der Waals surface area contributed by atoms with Crippen LogP contribution >= 0.6 is 0 Å². The Kier molecular flexibility index (Phi) is 7.71. The van der Waals surface area contributed by atoms with Gasteiger partial charge in [-0.3, -0.25) is 9.78 Å². The minimum atomic E-state index is -0.193. The first-order valence-electron chi connectivity index (χ1n) is 15.4. The van der Waals surface area contributed by atoms with Crippen LogP contribution in [-0.2, 0) is 24.2 Å². The molecule has 4 aromatic rings. The third-order valence-electron chi connectivity index (χ3n) is 8.87. The Morgan fingerprint density at radius 2 is 1.93 bits per heavy atom. The minimum Gasteiger partial charge on any atom is -0.463 e. The molecular formula is C34H36N8O2. The third-order valence-corrected chi connectivity index (χ3v) is 8.87. The number of aromatic nitrogens is 3. The van der Waals surface area contributed by atoms with Gasteiger partial charge in [0.05, 0.1) is 43.4 Å². The van der Waals surface area contributed by atoms with E-state index in [4.69, 9.17) is 14.7 Å². The maximum atomic E-state index is 13.0. The van der Waals surface area contributed by atoms with Gasteiger partial charge in [-0.2, -0.15) is 15.2 Å². The van der Waals surface area contributed by atoms with Crippen molar-refractivity contribution in [3.05, 3.63) is 83.3 Å². The van der Waals surface area contributed by atoms with Crippen molar-refractivity contribution in [2.75, 3.05) is 49.1 Å². The summed E-state index contributed by atoms with van der Waals surface area (Å²) < 4.78 is 6.18. The van der Waals surface area contributed by atoms with Crippen molar-refractivity contribution < 1.29 is 9.53 Å². The number of nitrogens with zero attached hydrogens (tertiary/aromatic N) is 7. The number of aryl methyl sites for hydroxylation is 1. The van der Waals surface area contributed by atoms with Gasteiger partial charge in [0.15, 0.2) is 0 Å². The zero-order valence-electron chi connectivity index (χ0n) is 24.9. The number of pyridine rings is 1. The monoisotopic (exact) mass is 588 g/mol. The molecule has 2 aromatic carbocycles. The number of carbonyl (C=O) groups is 1. The number of rotatable bonds is 8. The van der Waals surface area contributed by atoms with Gasteiger partial charge in [-0.15, -0.1) is 0 Å². The van der Waals surface area contributed by atoms with Crippen molar-refractivity contribution in [1.29, 1.82) is 5.26 Å². The molecule has 5 heterocycles. The van der Waals surface area contributed by atoms with Crippen LogP contribution < -0.4 is 19.9 Å². The zero-order valence-corrected chi connectivity index (χ0v) is 24.9. The van der Waals surface area contributed by atoms with Crippen LogP contribution in [0.1, 0.15) is 28.9 Å². The Hall–Kier alpha value is -4.75. The lowest BCUT2D eigenvalue weighted by Gasteiger charge is -2.42. The topological polar surface area (TPSA) is 120 Å². The van der Waals surface area contributed by atoms with E-state index in [0.717, 1.165) is 35.7 Å². The molecule has 0 aliphatic carbocycles.